The largest absolute Gasteiger partial charge is 0.370 e. The number of anilines is 2. The Labute approximate surface area is 130 Å². The fourth-order valence-corrected chi connectivity index (χ4v) is 2.70. The maximum absolute atomic E-state index is 4.60. The van der Waals surface area contributed by atoms with Gasteiger partial charge in [-0.25, -0.2) is 15.0 Å². The van der Waals surface area contributed by atoms with Crippen molar-refractivity contribution in [1.82, 2.24) is 15.0 Å². The van der Waals surface area contributed by atoms with Gasteiger partial charge in [0.05, 0.1) is 11.6 Å². The van der Waals surface area contributed by atoms with Crippen LogP contribution in [0.1, 0.15) is 41.5 Å². The van der Waals surface area contributed by atoms with Crippen molar-refractivity contribution in [1.29, 1.82) is 0 Å². The summed E-state index contributed by atoms with van der Waals surface area (Å²) in [7, 11) is 0. The molecule has 0 spiro atoms. The Morgan fingerprint density at radius 1 is 1.10 bits per heavy atom. The summed E-state index contributed by atoms with van der Waals surface area (Å²) in [5, 5.41) is 7.88. The molecule has 0 aliphatic heterocycles. The highest BCUT2D eigenvalue weighted by Gasteiger charge is 2.10. The topological polar surface area (TPSA) is 62.7 Å². The molecular formula is C15H23N5S. The summed E-state index contributed by atoms with van der Waals surface area (Å²) in [6.07, 6.45) is 3.82. The average molecular weight is 305 g/mol. The summed E-state index contributed by atoms with van der Waals surface area (Å²) in [5.41, 5.74) is 1.07. The van der Waals surface area contributed by atoms with E-state index in [1.54, 1.807) is 11.3 Å². The van der Waals surface area contributed by atoms with Crippen molar-refractivity contribution in [2.75, 3.05) is 17.2 Å². The van der Waals surface area contributed by atoms with E-state index in [-0.39, 0.29) is 0 Å². The molecular weight excluding hydrogens is 282 g/mol. The Hall–Kier alpha value is -1.69. The number of aryl methyl sites for hydroxylation is 2. The third-order valence-corrected chi connectivity index (χ3v) is 4.06. The van der Waals surface area contributed by atoms with Gasteiger partial charge in [0, 0.05) is 29.6 Å². The molecule has 114 valence electrons. The van der Waals surface area contributed by atoms with Crippen LogP contribution in [0.5, 0.6) is 0 Å². The van der Waals surface area contributed by atoms with Gasteiger partial charge in [0.1, 0.15) is 17.5 Å². The third kappa shape index (κ3) is 4.14. The van der Waals surface area contributed by atoms with Gasteiger partial charge in [0.25, 0.3) is 0 Å². The van der Waals surface area contributed by atoms with E-state index < -0.39 is 0 Å². The maximum atomic E-state index is 4.60. The Morgan fingerprint density at radius 3 is 2.38 bits per heavy atom. The molecule has 0 saturated heterocycles. The second-order valence-electron chi connectivity index (χ2n) is 4.94. The highest BCUT2D eigenvalue weighted by molar-refractivity contribution is 7.11. The van der Waals surface area contributed by atoms with E-state index in [9.17, 15) is 0 Å². The molecule has 0 atom stereocenters. The van der Waals surface area contributed by atoms with Crippen LogP contribution in [0.3, 0.4) is 0 Å². The summed E-state index contributed by atoms with van der Waals surface area (Å²) in [6, 6.07) is 0. The highest BCUT2D eigenvalue weighted by Crippen LogP contribution is 2.22. The number of hydrogen-bond acceptors (Lipinski definition) is 6. The number of rotatable bonds is 7. The van der Waals surface area contributed by atoms with Crippen LogP contribution in [0.2, 0.25) is 0 Å². The Balaban J connectivity index is 2.16. The zero-order valence-electron chi connectivity index (χ0n) is 13.2. The van der Waals surface area contributed by atoms with Crippen LogP contribution in [0.4, 0.5) is 11.6 Å². The Bertz CT molecular complexity index is 594. The van der Waals surface area contributed by atoms with E-state index in [0.717, 1.165) is 54.0 Å². The van der Waals surface area contributed by atoms with Gasteiger partial charge in [-0.3, -0.25) is 0 Å². The molecule has 0 fully saturated rings. The van der Waals surface area contributed by atoms with E-state index in [4.69, 9.17) is 0 Å². The number of nitrogens with zero attached hydrogens (tertiary/aromatic N) is 3. The Morgan fingerprint density at radius 2 is 1.81 bits per heavy atom. The van der Waals surface area contributed by atoms with E-state index in [0.29, 0.717) is 0 Å². The molecule has 0 aromatic carbocycles. The lowest BCUT2D eigenvalue weighted by atomic mass is 10.2. The summed E-state index contributed by atoms with van der Waals surface area (Å²) >= 11 is 1.71. The van der Waals surface area contributed by atoms with Crippen molar-refractivity contribution in [3.05, 3.63) is 27.5 Å². The number of nitrogens with one attached hydrogen (secondary N) is 2. The molecule has 0 aliphatic rings. The van der Waals surface area contributed by atoms with Crippen LogP contribution in [-0.4, -0.2) is 21.5 Å². The van der Waals surface area contributed by atoms with Crippen molar-refractivity contribution >= 4 is 23.0 Å². The first kappa shape index (κ1) is 15.7. The molecule has 2 aromatic rings. The average Bonchev–Trinajstić information content (AvgIpc) is 2.90. The van der Waals surface area contributed by atoms with Crippen LogP contribution in [-0.2, 0) is 13.0 Å². The summed E-state index contributed by atoms with van der Waals surface area (Å²) in [4.78, 5) is 14.7. The lowest BCUT2D eigenvalue weighted by Crippen LogP contribution is -2.11. The van der Waals surface area contributed by atoms with Gasteiger partial charge in [0.2, 0.25) is 0 Å². The van der Waals surface area contributed by atoms with Gasteiger partial charge in [-0.15, -0.1) is 11.3 Å². The number of aromatic nitrogens is 3. The zero-order chi connectivity index (χ0) is 15.2. The molecule has 0 unspecified atom stereocenters. The second kappa shape index (κ2) is 7.36. The first-order valence-electron chi connectivity index (χ1n) is 7.40. The molecule has 0 bridgehead atoms. The molecule has 5 nitrogen and oxygen atoms in total. The van der Waals surface area contributed by atoms with Crippen LogP contribution >= 0.6 is 11.3 Å². The monoisotopic (exact) mass is 305 g/mol. The number of thiazole rings is 1. The zero-order valence-corrected chi connectivity index (χ0v) is 14.0. The highest BCUT2D eigenvalue weighted by atomic mass is 32.1. The molecule has 0 amide bonds. The predicted octanol–water partition coefficient (Wildman–Crippen LogP) is 3.55. The van der Waals surface area contributed by atoms with Crippen molar-refractivity contribution in [3.63, 3.8) is 0 Å². The van der Waals surface area contributed by atoms with E-state index in [2.05, 4.69) is 46.4 Å². The van der Waals surface area contributed by atoms with E-state index in [1.807, 2.05) is 13.1 Å². The second-order valence-corrected chi connectivity index (χ2v) is 6.26. The minimum atomic E-state index is 0.750. The van der Waals surface area contributed by atoms with Crippen molar-refractivity contribution in [2.24, 2.45) is 0 Å². The summed E-state index contributed by atoms with van der Waals surface area (Å²) in [6.45, 7) is 9.97. The normalized spacial score (nSPS) is 10.7. The van der Waals surface area contributed by atoms with Crippen LogP contribution in [0, 0.1) is 13.8 Å². The molecule has 0 saturated carbocycles. The van der Waals surface area contributed by atoms with Gasteiger partial charge >= 0.3 is 0 Å². The van der Waals surface area contributed by atoms with Crippen LogP contribution < -0.4 is 10.6 Å². The van der Waals surface area contributed by atoms with Gasteiger partial charge in [-0.1, -0.05) is 13.8 Å². The fraction of sp³-hybridized carbons (Fsp3) is 0.533. The predicted molar refractivity (Wildman–Crippen MR) is 89.1 cm³/mol. The summed E-state index contributed by atoms with van der Waals surface area (Å²) in [5.74, 6) is 2.71. The SMILES string of the molecule is CCCNc1nc(CC)nc(NCc2cnc(C)s2)c1C. The van der Waals surface area contributed by atoms with Gasteiger partial charge < -0.3 is 10.6 Å². The maximum Gasteiger partial charge on any atom is 0.135 e. The Kier molecular flexibility index (Phi) is 5.50. The van der Waals surface area contributed by atoms with E-state index in [1.165, 1.54) is 4.88 Å². The third-order valence-electron chi connectivity index (χ3n) is 3.15. The molecule has 21 heavy (non-hydrogen) atoms. The lowest BCUT2D eigenvalue weighted by Gasteiger charge is -2.14. The lowest BCUT2D eigenvalue weighted by molar-refractivity contribution is 0.904. The molecule has 6 heteroatoms. The van der Waals surface area contributed by atoms with Gasteiger partial charge in [-0.2, -0.15) is 0 Å². The molecule has 2 N–H and O–H groups in total. The summed E-state index contributed by atoms with van der Waals surface area (Å²) < 4.78 is 0. The molecule has 0 radical (unpaired) electrons. The smallest absolute Gasteiger partial charge is 0.135 e. The van der Waals surface area contributed by atoms with Gasteiger partial charge in [0.15, 0.2) is 0 Å². The standard InChI is InChI=1S/C15H23N5S/c1-5-7-16-14-10(3)15(20-13(6-2)19-14)18-9-12-8-17-11(4)21-12/h8H,5-7,9H2,1-4H3,(H2,16,18,19,20). The van der Waals surface area contributed by atoms with Crippen molar-refractivity contribution in [2.45, 2.75) is 47.1 Å². The molecule has 2 rings (SSSR count). The quantitative estimate of drug-likeness (QED) is 0.819. The van der Waals surface area contributed by atoms with Gasteiger partial charge in [-0.05, 0) is 20.3 Å². The van der Waals surface area contributed by atoms with Crippen LogP contribution in [0.15, 0.2) is 6.20 Å². The first-order chi connectivity index (χ1) is 10.1. The molecule has 0 aliphatic carbocycles. The van der Waals surface area contributed by atoms with E-state index >= 15 is 0 Å². The fourth-order valence-electron chi connectivity index (χ4n) is 1.97. The first-order valence-corrected chi connectivity index (χ1v) is 8.22. The number of hydrogen-bond donors (Lipinski definition) is 2. The van der Waals surface area contributed by atoms with Crippen LogP contribution in [0.25, 0.3) is 0 Å². The molecule has 2 heterocycles. The van der Waals surface area contributed by atoms with Crippen molar-refractivity contribution in [3.8, 4) is 0 Å². The minimum absolute atomic E-state index is 0.750. The molecule has 2 aromatic heterocycles. The minimum Gasteiger partial charge on any atom is -0.370 e. The van der Waals surface area contributed by atoms with Crippen molar-refractivity contribution < 1.29 is 0 Å².